The van der Waals surface area contributed by atoms with Gasteiger partial charge in [-0.2, -0.15) is 5.10 Å². The Balaban J connectivity index is 1.15. The summed E-state index contributed by atoms with van der Waals surface area (Å²) in [5.74, 6) is 2.17. The van der Waals surface area contributed by atoms with Gasteiger partial charge in [0.05, 0.1) is 19.1 Å². The first-order chi connectivity index (χ1) is 19.0. The number of benzene rings is 1. The first-order valence-electron chi connectivity index (χ1n) is 13.0. The van der Waals surface area contributed by atoms with Crippen LogP contribution in [0.25, 0.3) is 11.0 Å². The largest absolute Gasteiger partial charge is 0.456 e. The number of carbonyl (C=O) groups is 2. The van der Waals surface area contributed by atoms with Gasteiger partial charge in [0.1, 0.15) is 22.7 Å². The van der Waals surface area contributed by atoms with Crippen molar-refractivity contribution in [3.8, 4) is 11.5 Å². The third-order valence-electron chi connectivity index (χ3n) is 6.99. The molecular weight excluding hydrogens is 498 g/mol. The number of pyridine rings is 2. The minimum Gasteiger partial charge on any atom is -0.456 e. The molecule has 11 heteroatoms. The van der Waals surface area contributed by atoms with Crippen LogP contribution >= 0.6 is 0 Å². The summed E-state index contributed by atoms with van der Waals surface area (Å²) in [4.78, 5) is 35.8. The fourth-order valence-corrected chi connectivity index (χ4v) is 4.83. The van der Waals surface area contributed by atoms with Gasteiger partial charge in [-0.15, -0.1) is 0 Å². The minimum absolute atomic E-state index is 0.0177. The molecule has 11 nitrogen and oxygen atoms in total. The van der Waals surface area contributed by atoms with E-state index in [-0.39, 0.29) is 23.8 Å². The molecule has 0 radical (unpaired) electrons. The Hall–Kier alpha value is -4.51. The Kier molecular flexibility index (Phi) is 6.80. The Labute approximate surface area is 224 Å². The number of aromatic amines is 1. The normalized spacial score (nSPS) is 17.5. The lowest BCUT2D eigenvalue weighted by atomic mass is 10.0. The van der Waals surface area contributed by atoms with Crippen LogP contribution in [0.2, 0.25) is 0 Å². The van der Waals surface area contributed by atoms with Gasteiger partial charge in [-0.3, -0.25) is 14.7 Å². The van der Waals surface area contributed by atoms with Crippen molar-refractivity contribution in [2.75, 3.05) is 36.9 Å². The van der Waals surface area contributed by atoms with Crippen molar-refractivity contribution in [3.05, 3.63) is 66.0 Å². The number of anilines is 2. The molecule has 0 bridgehead atoms. The first kappa shape index (κ1) is 24.8. The van der Waals surface area contributed by atoms with Crippen LogP contribution in [0.15, 0.2) is 54.9 Å². The van der Waals surface area contributed by atoms with Crippen LogP contribution in [-0.4, -0.2) is 69.2 Å². The summed E-state index contributed by atoms with van der Waals surface area (Å²) in [5, 5.41) is 14.4. The maximum atomic E-state index is 12.7. The number of aryl methyl sites for hydroxylation is 1. The molecule has 2 aliphatic heterocycles. The van der Waals surface area contributed by atoms with Crippen molar-refractivity contribution >= 4 is 34.5 Å². The van der Waals surface area contributed by atoms with Gasteiger partial charge in [0.15, 0.2) is 11.5 Å². The molecule has 0 spiro atoms. The zero-order valence-electron chi connectivity index (χ0n) is 21.5. The van der Waals surface area contributed by atoms with Crippen LogP contribution in [-0.2, 0) is 9.53 Å². The third-order valence-corrected chi connectivity index (χ3v) is 6.99. The van der Waals surface area contributed by atoms with Gasteiger partial charge in [-0.1, -0.05) is 0 Å². The second-order valence-corrected chi connectivity index (χ2v) is 9.91. The van der Waals surface area contributed by atoms with Gasteiger partial charge in [0.2, 0.25) is 5.91 Å². The number of H-pyrrole nitrogens is 1. The lowest BCUT2D eigenvalue weighted by Gasteiger charge is -2.37. The number of amides is 2. The maximum absolute atomic E-state index is 12.7. The third kappa shape index (κ3) is 5.39. The molecule has 3 N–H and O–H groups in total. The lowest BCUT2D eigenvalue weighted by molar-refractivity contribution is -0.150. The van der Waals surface area contributed by atoms with E-state index in [0.717, 1.165) is 30.3 Å². The van der Waals surface area contributed by atoms with Crippen molar-refractivity contribution in [2.45, 2.75) is 25.8 Å². The van der Waals surface area contributed by atoms with Gasteiger partial charge in [-0.05, 0) is 61.7 Å². The molecule has 200 valence electrons. The van der Waals surface area contributed by atoms with Crippen LogP contribution in [0.1, 0.15) is 28.8 Å². The molecule has 2 fully saturated rings. The SMILES string of the molecule is Cc1ccnc(NC(=O)c2ccc(Oc3ccnc4[nH]nc(NC5CCCN(C(=O)C6COC6)C5)c34)cc2)c1. The molecule has 3 aromatic heterocycles. The summed E-state index contributed by atoms with van der Waals surface area (Å²) in [6.45, 7) is 4.35. The topological polar surface area (TPSA) is 134 Å². The van der Waals surface area contributed by atoms with Crippen LogP contribution in [0, 0.1) is 12.8 Å². The van der Waals surface area contributed by atoms with E-state index in [2.05, 4.69) is 30.8 Å². The molecule has 1 unspecified atom stereocenters. The molecule has 2 saturated heterocycles. The van der Waals surface area contributed by atoms with Gasteiger partial charge < -0.3 is 25.0 Å². The molecule has 1 aromatic carbocycles. The number of ether oxygens (including phenoxy) is 2. The summed E-state index contributed by atoms with van der Waals surface area (Å²) < 4.78 is 11.4. The molecule has 2 amide bonds. The highest BCUT2D eigenvalue weighted by Crippen LogP contribution is 2.34. The number of piperidine rings is 1. The van der Waals surface area contributed by atoms with Crippen LogP contribution in [0.3, 0.4) is 0 Å². The number of rotatable bonds is 7. The Morgan fingerprint density at radius 1 is 1.10 bits per heavy atom. The number of likely N-dealkylation sites (tertiary alicyclic amines) is 1. The van der Waals surface area contributed by atoms with Crippen LogP contribution < -0.4 is 15.4 Å². The molecule has 0 saturated carbocycles. The zero-order chi connectivity index (χ0) is 26.8. The van der Waals surface area contributed by atoms with E-state index < -0.39 is 0 Å². The van der Waals surface area contributed by atoms with E-state index in [0.29, 0.717) is 54.1 Å². The monoisotopic (exact) mass is 527 g/mol. The molecule has 4 aromatic rings. The molecule has 5 heterocycles. The molecule has 39 heavy (non-hydrogen) atoms. The van der Waals surface area contributed by atoms with E-state index in [1.54, 1.807) is 42.7 Å². The average Bonchev–Trinajstić information content (AvgIpc) is 3.32. The second-order valence-electron chi connectivity index (χ2n) is 9.91. The molecule has 2 aliphatic rings. The van der Waals surface area contributed by atoms with Crippen molar-refractivity contribution in [1.29, 1.82) is 0 Å². The zero-order valence-corrected chi connectivity index (χ0v) is 21.5. The van der Waals surface area contributed by atoms with E-state index in [1.165, 1.54) is 0 Å². The summed E-state index contributed by atoms with van der Waals surface area (Å²) >= 11 is 0. The number of carbonyl (C=O) groups excluding carboxylic acids is 2. The number of hydrogen-bond acceptors (Lipinski definition) is 8. The predicted molar refractivity (Wildman–Crippen MR) is 145 cm³/mol. The summed E-state index contributed by atoms with van der Waals surface area (Å²) in [7, 11) is 0. The number of fused-ring (bicyclic) bond motifs is 1. The van der Waals surface area contributed by atoms with Crippen molar-refractivity contribution in [2.24, 2.45) is 5.92 Å². The number of nitrogens with one attached hydrogen (secondary N) is 3. The van der Waals surface area contributed by atoms with Crippen molar-refractivity contribution in [1.82, 2.24) is 25.1 Å². The fraction of sp³-hybridized carbons (Fsp3) is 0.321. The molecule has 0 aliphatic carbocycles. The van der Waals surface area contributed by atoms with Gasteiger partial charge >= 0.3 is 0 Å². The van der Waals surface area contributed by atoms with E-state index in [4.69, 9.17) is 9.47 Å². The smallest absolute Gasteiger partial charge is 0.256 e. The Morgan fingerprint density at radius 3 is 2.69 bits per heavy atom. The van der Waals surface area contributed by atoms with Gasteiger partial charge in [0.25, 0.3) is 5.91 Å². The number of aromatic nitrogens is 4. The highest BCUT2D eigenvalue weighted by Gasteiger charge is 2.33. The highest BCUT2D eigenvalue weighted by molar-refractivity contribution is 6.03. The summed E-state index contributed by atoms with van der Waals surface area (Å²) in [5.41, 5.74) is 2.09. The van der Waals surface area contributed by atoms with Gasteiger partial charge in [0, 0.05) is 43.2 Å². The van der Waals surface area contributed by atoms with Gasteiger partial charge in [-0.25, -0.2) is 9.97 Å². The standard InChI is InChI=1S/C28H29N7O4/c1-17-8-10-29-23(13-17)32-27(36)18-4-6-21(7-5-18)39-22-9-11-30-25-24(22)26(34-33-25)31-20-3-2-12-35(14-20)28(37)19-15-38-16-19/h4-11,13,19-20H,2-3,12,14-16H2,1H3,(H,29,32,36)(H2,30,31,33,34). The number of hydrogen-bond donors (Lipinski definition) is 3. The molecule has 6 rings (SSSR count). The Morgan fingerprint density at radius 2 is 1.92 bits per heavy atom. The van der Waals surface area contributed by atoms with Crippen LogP contribution in [0.5, 0.6) is 11.5 Å². The average molecular weight is 528 g/mol. The van der Waals surface area contributed by atoms with E-state index >= 15 is 0 Å². The van der Waals surface area contributed by atoms with Crippen LogP contribution in [0.4, 0.5) is 11.6 Å². The quantitative estimate of drug-likeness (QED) is 0.331. The minimum atomic E-state index is -0.253. The Bertz CT molecular complexity index is 1500. The maximum Gasteiger partial charge on any atom is 0.256 e. The van der Waals surface area contributed by atoms with Crippen molar-refractivity contribution < 1.29 is 19.1 Å². The first-order valence-corrected chi connectivity index (χ1v) is 13.0. The van der Waals surface area contributed by atoms with Crippen molar-refractivity contribution in [3.63, 3.8) is 0 Å². The second kappa shape index (κ2) is 10.7. The number of nitrogens with zero attached hydrogens (tertiary/aromatic N) is 4. The highest BCUT2D eigenvalue weighted by atomic mass is 16.5. The predicted octanol–water partition coefficient (Wildman–Crippen LogP) is 3.76. The van der Waals surface area contributed by atoms with E-state index in [9.17, 15) is 9.59 Å². The lowest BCUT2D eigenvalue weighted by Crippen LogP contribution is -2.51. The van der Waals surface area contributed by atoms with E-state index in [1.807, 2.05) is 24.0 Å². The molecule has 1 atom stereocenters. The summed E-state index contributed by atoms with van der Waals surface area (Å²) in [6.07, 6.45) is 5.15. The summed E-state index contributed by atoms with van der Waals surface area (Å²) in [6, 6.07) is 12.4. The fourth-order valence-electron chi connectivity index (χ4n) is 4.83. The molecular formula is C28H29N7O4.